The molecule has 0 heteroatoms. The smallest absolute Gasteiger partial charge is 0.0357 e. The molecular weight excluding hydrogens is 216 g/mol. The second-order valence-corrected chi connectivity index (χ2v) is 6.77. The van der Waals surface area contributed by atoms with Gasteiger partial charge >= 0.3 is 0 Å². The first-order chi connectivity index (χ1) is 8.72. The van der Waals surface area contributed by atoms with Gasteiger partial charge in [0, 0.05) is 0 Å². The molecule has 0 aromatic rings. The Morgan fingerprint density at radius 2 is 1.67 bits per heavy atom. The van der Waals surface area contributed by atoms with Gasteiger partial charge in [-0.05, 0) is 30.1 Å². The normalized spacial score (nSPS) is 26.0. The van der Waals surface area contributed by atoms with Crippen LogP contribution in [0.25, 0.3) is 0 Å². The summed E-state index contributed by atoms with van der Waals surface area (Å²) in [5.74, 6) is 4.22. The molecule has 0 aromatic carbocycles. The van der Waals surface area contributed by atoms with Gasteiger partial charge in [-0.3, -0.25) is 0 Å². The van der Waals surface area contributed by atoms with Crippen LogP contribution in [0.5, 0.6) is 0 Å². The summed E-state index contributed by atoms with van der Waals surface area (Å²) < 4.78 is 0. The lowest BCUT2D eigenvalue weighted by molar-refractivity contribution is 0.343. The van der Waals surface area contributed by atoms with Crippen molar-refractivity contribution in [3.63, 3.8) is 0 Å². The van der Waals surface area contributed by atoms with Crippen molar-refractivity contribution in [1.29, 1.82) is 0 Å². The number of rotatable bonds is 11. The van der Waals surface area contributed by atoms with Crippen LogP contribution in [-0.4, -0.2) is 0 Å². The van der Waals surface area contributed by atoms with E-state index in [0.717, 1.165) is 23.7 Å². The topological polar surface area (TPSA) is 0 Å². The molecule has 0 bridgehead atoms. The number of hydrogen-bond acceptors (Lipinski definition) is 0. The highest BCUT2D eigenvalue weighted by atomic mass is 14.4. The first-order valence-corrected chi connectivity index (χ1v) is 8.72. The molecule has 0 spiro atoms. The first-order valence-electron chi connectivity index (χ1n) is 8.72. The molecule has 1 saturated carbocycles. The quantitative estimate of drug-likeness (QED) is 0.396. The van der Waals surface area contributed by atoms with E-state index in [0.29, 0.717) is 0 Å². The zero-order valence-corrected chi connectivity index (χ0v) is 13.4. The Hall–Kier alpha value is 0. The molecule has 0 radical (unpaired) electrons. The molecule has 4 atom stereocenters. The Bertz CT molecular complexity index is 196. The average molecular weight is 252 g/mol. The fourth-order valence-corrected chi connectivity index (χ4v) is 3.52. The summed E-state index contributed by atoms with van der Waals surface area (Å²) in [4.78, 5) is 0. The molecule has 0 N–H and O–H groups in total. The Morgan fingerprint density at radius 3 is 2.28 bits per heavy atom. The summed E-state index contributed by atoms with van der Waals surface area (Å²) in [6.07, 6.45) is 14.6. The van der Waals surface area contributed by atoms with E-state index in [4.69, 9.17) is 0 Å². The standard InChI is InChI=1S/C18H36/c1-5-8-10-16(7-3)13-12-15(4)18-14-17(18)11-9-6-2/h15-18H,5-14H2,1-4H3. The monoisotopic (exact) mass is 252 g/mol. The summed E-state index contributed by atoms with van der Waals surface area (Å²) >= 11 is 0. The van der Waals surface area contributed by atoms with Gasteiger partial charge in [0.1, 0.15) is 0 Å². The third-order valence-electron chi connectivity index (χ3n) is 5.21. The van der Waals surface area contributed by atoms with E-state index in [1.54, 1.807) is 6.42 Å². The van der Waals surface area contributed by atoms with Crippen LogP contribution >= 0.6 is 0 Å². The minimum atomic E-state index is 1.00. The van der Waals surface area contributed by atoms with Crippen molar-refractivity contribution < 1.29 is 0 Å². The van der Waals surface area contributed by atoms with Gasteiger partial charge in [-0.1, -0.05) is 85.5 Å². The number of hydrogen-bond donors (Lipinski definition) is 0. The molecule has 108 valence electrons. The highest BCUT2D eigenvalue weighted by Crippen LogP contribution is 2.48. The molecule has 1 aliphatic carbocycles. The maximum Gasteiger partial charge on any atom is -0.0357 e. The predicted octanol–water partition coefficient (Wildman–Crippen LogP) is 6.45. The van der Waals surface area contributed by atoms with E-state index in [1.165, 1.54) is 57.8 Å². The van der Waals surface area contributed by atoms with Crippen LogP contribution in [0.2, 0.25) is 0 Å². The highest BCUT2D eigenvalue weighted by Gasteiger charge is 2.39. The minimum absolute atomic E-state index is 1.00. The van der Waals surface area contributed by atoms with E-state index < -0.39 is 0 Å². The molecule has 0 nitrogen and oxygen atoms in total. The highest BCUT2D eigenvalue weighted by molar-refractivity contribution is 4.89. The van der Waals surface area contributed by atoms with Gasteiger partial charge in [0.25, 0.3) is 0 Å². The van der Waals surface area contributed by atoms with E-state index in [1.807, 2.05) is 0 Å². The molecule has 0 amide bonds. The van der Waals surface area contributed by atoms with Crippen LogP contribution in [0, 0.1) is 23.7 Å². The summed E-state index contributed by atoms with van der Waals surface area (Å²) in [5.41, 5.74) is 0. The van der Waals surface area contributed by atoms with Gasteiger partial charge in [-0.25, -0.2) is 0 Å². The Morgan fingerprint density at radius 1 is 0.944 bits per heavy atom. The van der Waals surface area contributed by atoms with Crippen LogP contribution in [0.1, 0.15) is 91.9 Å². The Balaban J connectivity index is 2.11. The van der Waals surface area contributed by atoms with Gasteiger partial charge in [-0.15, -0.1) is 0 Å². The van der Waals surface area contributed by atoms with Gasteiger partial charge in [0.2, 0.25) is 0 Å². The molecule has 4 unspecified atom stereocenters. The molecular formula is C18H36. The lowest BCUT2D eigenvalue weighted by Gasteiger charge is -2.17. The van der Waals surface area contributed by atoms with Gasteiger partial charge in [0.05, 0.1) is 0 Å². The second kappa shape index (κ2) is 8.99. The van der Waals surface area contributed by atoms with E-state index >= 15 is 0 Å². The van der Waals surface area contributed by atoms with Crippen LogP contribution in [-0.2, 0) is 0 Å². The van der Waals surface area contributed by atoms with Crippen molar-refractivity contribution in [3.05, 3.63) is 0 Å². The Labute approximate surface area is 116 Å². The van der Waals surface area contributed by atoms with Gasteiger partial charge < -0.3 is 0 Å². The third-order valence-corrected chi connectivity index (χ3v) is 5.21. The Kier molecular flexibility index (Phi) is 8.02. The van der Waals surface area contributed by atoms with Crippen LogP contribution < -0.4 is 0 Å². The lowest BCUT2D eigenvalue weighted by atomic mass is 9.88. The first kappa shape index (κ1) is 16.1. The van der Waals surface area contributed by atoms with Crippen LogP contribution in [0.15, 0.2) is 0 Å². The molecule has 1 fully saturated rings. The fourth-order valence-electron chi connectivity index (χ4n) is 3.52. The lowest BCUT2D eigenvalue weighted by Crippen LogP contribution is -2.05. The van der Waals surface area contributed by atoms with Crippen LogP contribution in [0.4, 0.5) is 0 Å². The molecule has 18 heavy (non-hydrogen) atoms. The molecule has 0 aromatic heterocycles. The third kappa shape index (κ3) is 5.76. The van der Waals surface area contributed by atoms with Crippen molar-refractivity contribution in [2.24, 2.45) is 23.7 Å². The SMILES string of the molecule is CCCCC(CC)CCC(C)C1CC1CCCC. The fraction of sp³-hybridized carbons (Fsp3) is 1.00. The zero-order valence-electron chi connectivity index (χ0n) is 13.4. The summed E-state index contributed by atoms with van der Waals surface area (Å²) in [7, 11) is 0. The van der Waals surface area contributed by atoms with Crippen molar-refractivity contribution in [1.82, 2.24) is 0 Å². The summed E-state index contributed by atoms with van der Waals surface area (Å²) in [6, 6.07) is 0. The molecule has 1 aliphatic rings. The van der Waals surface area contributed by atoms with E-state index in [2.05, 4.69) is 27.7 Å². The maximum absolute atomic E-state index is 2.52. The average Bonchev–Trinajstić information content (AvgIpc) is 3.16. The van der Waals surface area contributed by atoms with E-state index in [9.17, 15) is 0 Å². The van der Waals surface area contributed by atoms with Crippen molar-refractivity contribution in [2.45, 2.75) is 91.9 Å². The van der Waals surface area contributed by atoms with Gasteiger partial charge in [-0.2, -0.15) is 0 Å². The predicted molar refractivity (Wildman–Crippen MR) is 82.8 cm³/mol. The largest absolute Gasteiger partial charge is 0.0654 e. The summed E-state index contributed by atoms with van der Waals surface area (Å²) in [6.45, 7) is 9.54. The zero-order chi connectivity index (χ0) is 13.4. The van der Waals surface area contributed by atoms with Crippen molar-refractivity contribution in [3.8, 4) is 0 Å². The van der Waals surface area contributed by atoms with Crippen molar-refractivity contribution >= 4 is 0 Å². The molecule has 0 aliphatic heterocycles. The number of unbranched alkanes of at least 4 members (excludes halogenated alkanes) is 2. The van der Waals surface area contributed by atoms with Crippen LogP contribution in [0.3, 0.4) is 0 Å². The minimum Gasteiger partial charge on any atom is -0.0654 e. The van der Waals surface area contributed by atoms with E-state index in [-0.39, 0.29) is 0 Å². The molecule has 1 rings (SSSR count). The molecule has 0 saturated heterocycles. The second-order valence-electron chi connectivity index (χ2n) is 6.77. The molecule has 0 heterocycles. The van der Waals surface area contributed by atoms with Gasteiger partial charge in [0.15, 0.2) is 0 Å². The maximum atomic E-state index is 2.52. The van der Waals surface area contributed by atoms with Crippen molar-refractivity contribution in [2.75, 3.05) is 0 Å². The summed E-state index contributed by atoms with van der Waals surface area (Å²) in [5, 5.41) is 0.